The second kappa shape index (κ2) is 6.89. The van der Waals surface area contributed by atoms with Crippen LogP contribution in [0.15, 0.2) is 47.5 Å². The number of hydrogen-bond donors (Lipinski definition) is 1. The summed E-state index contributed by atoms with van der Waals surface area (Å²) in [7, 11) is 0. The van der Waals surface area contributed by atoms with Gasteiger partial charge < -0.3 is 5.11 Å². The van der Waals surface area contributed by atoms with Crippen molar-refractivity contribution in [3.63, 3.8) is 0 Å². The normalized spacial score (nSPS) is 20.5. The van der Waals surface area contributed by atoms with Crippen molar-refractivity contribution in [1.82, 2.24) is 4.98 Å². The van der Waals surface area contributed by atoms with E-state index in [2.05, 4.69) is 35.3 Å². The summed E-state index contributed by atoms with van der Waals surface area (Å²) in [5.74, 6) is 0. The van der Waals surface area contributed by atoms with Crippen LogP contribution in [0, 0.1) is 0 Å². The predicted molar refractivity (Wildman–Crippen MR) is 100 cm³/mol. The van der Waals surface area contributed by atoms with Gasteiger partial charge in [-0.15, -0.1) is 11.8 Å². The molecule has 0 aliphatic heterocycles. The zero-order valence-electron chi connectivity index (χ0n) is 14.1. The summed E-state index contributed by atoms with van der Waals surface area (Å²) in [6.07, 6.45) is 11.5. The fourth-order valence-corrected chi connectivity index (χ4v) is 4.98. The van der Waals surface area contributed by atoms with Crippen molar-refractivity contribution in [2.45, 2.75) is 67.1 Å². The van der Waals surface area contributed by atoms with Crippen molar-refractivity contribution in [3.05, 3.63) is 48.3 Å². The van der Waals surface area contributed by atoms with Gasteiger partial charge in [-0.25, -0.2) is 0 Å². The Bertz CT molecular complexity index is 687. The quantitative estimate of drug-likeness (QED) is 0.793. The molecule has 0 saturated heterocycles. The molecule has 2 aliphatic carbocycles. The molecule has 2 aliphatic rings. The number of benzene rings is 1. The van der Waals surface area contributed by atoms with Gasteiger partial charge >= 0.3 is 0 Å². The van der Waals surface area contributed by atoms with Crippen LogP contribution in [0.25, 0.3) is 11.1 Å². The Hall–Kier alpha value is -1.32. The minimum absolute atomic E-state index is 0.688. The first kappa shape index (κ1) is 16.2. The summed E-state index contributed by atoms with van der Waals surface area (Å²) in [4.78, 5) is 5.77. The number of pyridine rings is 1. The molecular formula is C21H25NOS. The van der Waals surface area contributed by atoms with Crippen LogP contribution in [0.1, 0.15) is 57.1 Å². The molecule has 4 rings (SSSR count). The maximum Gasteiger partial charge on any atom is 0.106 e. The molecule has 0 radical (unpaired) electrons. The third kappa shape index (κ3) is 3.38. The topological polar surface area (TPSA) is 33.1 Å². The van der Waals surface area contributed by atoms with E-state index < -0.39 is 5.60 Å². The Balaban J connectivity index is 1.49. The van der Waals surface area contributed by atoms with Crippen LogP contribution >= 0.6 is 11.8 Å². The number of rotatable bonds is 4. The molecule has 0 amide bonds. The maximum atomic E-state index is 10.5. The summed E-state index contributed by atoms with van der Waals surface area (Å²) < 4.78 is 0. The minimum atomic E-state index is -0.688. The van der Waals surface area contributed by atoms with Gasteiger partial charge in [0, 0.05) is 16.3 Å². The van der Waals surface area contributed by atoms with E-state index >= 15 is 0 Å². The van der Waals surface area contributed by atoms with Gasteiger partial charge in [-0.05, 0) is 67.5 Å². The van der Waals surface area contributed by atoms with Crippen LogP contribution in [0.5, 0.6) is 0 Å². The van der Waals surface area contributed by atoms with Crippen molar-refractivity contribution in [2.24, 2.45) is 0 Å². The third-order valence-corrected chi connectivity index (χ3v) is 6.81. The highest BCUT2D eigenvalue weighted by Crippen LogP contribution is 2.41. The second-order valence-electron chi connectivity index (χ2n) is 7.22. The molecule has 3 heteroatoms. The van der Waals surface area contributed by atoms with Gasteiger partial charge in [0.1, 0.15) is 5.60 Å². The molecule has 1 aromatic heterocycles. The van der Waals surface area contributed by atoms with E-state index in [-0.39, 0.29) is 0 Å². The van der Waals surface area contributed by atoms with E-state index in [0.29, 0.717) is 0 Å². The Kier molecular flexibility index (Phi) is 4.64. The lowest BCUT2D eigenvalue weighted by molar-refractivity contribution is -0.0425. The largest absolute Gasteiger partial charge is 0.384 e. The smallest absolute Gasteiger partial charge is 0.106 e. The van der Waals surface area contributed by atoms with Gasteiger partial charge in [0.05, 0.1) is 5.69 Å². The lowest BCUT2D eigenvalue weighted by Gasteiger charge is -2.36. The van der Waals surface area contributed by atoms with Crippen LogP contribution in [-0.4, -0.2) is 15.3 Å². The molecule has 0 unspecified atom stereocenters. The van der Waals surface area contributed by atoms with E-state index in [9.17, 15) is 5.11 Å². The highest BCUT2D eigenvalue weighted by Gasteiger charge is 2.37. The number of thioether (sulfide) groups is 1. The monoisotopic (exact) mass is 339 g/mol. The van der Waals surface area contributed by atoms with Crippen molar-refractivity contribution in [2.75, 3.05) is 0 Å². The molecule has 0 bridgehead atoms. The zero-order valence-corrected chi connectivity index (χ0v) is 14.9. The van der Waals surface area contributed by atoms with Gasteiger partial charge in [-0.3, -0.25) is 4.98 Å². The molecular weight excluding hydrogens is 314 g/mol. The fourth-order valence-electron chi connectivity index (χ4n) is 3.73. The summed E-state index contributed by atoms with van der Waals surface area (Å²) >= 11 is 2.04. The Morgan fingerprint density at radius 2 is 1.67 bits per heavy atom. The van der Waals surface area contributed by atoms with Gasteiger partial charge in [0.15, 0.2) is 0 Å². The lowest BCUT2D eigenvalue weighted by Crippen LogP contribution is -2.34. The van der Waals surface area contributed by atoms with E-state index in [0.717, 1.165) is 35.8 Å². The number of aromatic nitrogens is 1. The molecule has 2 aromatic rings. The van der Waals surface area contributed by atoms with Crippen LogP contribution in [0.3, 0.4) is 0 Å². The van der Waals surface area contributed by atoms with Gasteiger partial charge in [-0.1, -0.05) is 31.4 Å². The van der Waals surface area contributed by atoms with Gasteiger partial charge in [0.25, 0.3) is 0 Å². The summed E-state index contributed by atoms with van der Waals surface area (Å²) in [6, 6.07) is 13.0. The average Bonchev–Trinajstić information content (AvgIpc) is 2.61. The Morgan fingerprint density at radius 1 is 0.917 bits per heavy atom. The second-order valence-corrected chi connectivity index (χ2v) is 8.59. The Morgan fingerprint density at radius 3 is 2.33 bits per heavy atom. The number of aliphatic hydroxyl groups is 1. The molecule has 2 fully saturated rings. The van der Waals surface area contributed by atoms with Crippen molar-refractivity contribution >= 4 is 11.8 Å². The van der Waals surface area contributed by atoms with Crippen LogP contribution in [0.4, 0.5) is 0 Å². The number of hydrogen-bond acceptors (Lipinski definition) is 3. The molecule has 2 saturated carbocycles. The van der Waals surface area contributed by atoms with Crippen molar-refractivity contribution < 1.29 is 5.11 Å². The molecule has 24 heavy (non-hydrogen) atoms. The maximum absolute atomic E-state index is 10.5. The summed E-state index contributed by atoms with van der Waals surface area (Å²) in [5, 5.41) is 11.3. The van der Waals surface area contributed by atoms with Gasteiger partial charge in [-0.2, -0.15) is 0 Å². The van der Waals surface area contributed by atoms with E-state index in [4.69, 9.17) is 0 Å². The number of nitrogens with zero attached hydrogens (tertiary/aromatic N) is 1. The lowest BCUT2D eigenvalue weighted by atomic mass is 9.77. The predicted octanol–water partition coefficient (Wildman–Crippen LogP) is 5.54. The first-order valence-corrected chi connectivity index (χ1v) is 10.1. The first-order chi connectivity index (χ1) is 11.7. The van der Waals surface area contributed by atoms with Crippen LogP contribution < -0.4 is 0 Å². The highest BCUT2D eigenvalue weighted by molar-refractivity contribution is 8.00. The summed E-state index contributed by atoms with van der Waals surface area (Å²) in [5.41, 5.74) is 2.49. The summed E-state index contributed by atoms with van der Waals surface area (Å²) in [6.45, 7) is 0. The third-order valence-electron chi connectivity index (χ3n) is 5.46. The fraction of sp³-hybridized carbons (Fsp3) is 0.476. The van der Waals surface area contributed by atoms with Crippen LogP contribution in [-0.2, 0) is 5.60 Å². The van der Waals surface area contributed by atoms with Gasteiger partial charge in [0.2, 0.25) is 0 Å². The molecule has 0 spiro atoms. The van der Waals surface area contributed by atoms with Crippen molar-refractivity contribution in [1.29, 1.82) is 0 Å². The molecule has 1 N–H and O–H groups in total. The standard InChI is InChI=1S/C21H25NOS/c23-21(12-4-13-21)20-15-17(11-14-22-20)16-7-9-19(10-8-16)24-18-5-2-1-3-6-18/h7-11,14-15,18,23H,1-6,12-13H2. The van der Waals surface area contributed by atoms with E-state index in [1.165, 1.54) is 42.6 Å². The zero-order chi connectivity index (χ0) is 16.4. The molecule has 0 atom stereocenters. The Labute approximate surface area is 148 Å². The van der Waals surface area contributed by atoms with Crippen molar-refractivity contribution in [3.8, 4) is 11.1 Å². The molecule has 1 heterocycles. The molecule has 2 nitrogen and oxygen atoms in total. The SMILES string of the molecule is OC1(c2cc(-c3ccc(SC4CCCCC4)cc3)ccn2)CCC1. The minimum Gasteiger partial charge on any atom is -0.384 e. The molecule has 126 valence electrons. The van der Waals surface area contributed by atoms with Crippen LogP contribution in [0.2, 0.25) is 0 Å². The van der Waals surface area contributed by atoms with E-state index in [1.807, 2.05) is 24.0 Å². The average molecular weight is 340 g/mol. The molecule has 1 aromatic carbocycles. The highest BCUT2D eigenvalue weighted by atomic mass is 32.2. The first-order valence-electron chi connectivity index (χ1n) is 9.19. The van der Waals surface area contributed by atoms with E-state index in [1.54, 1.807) is 0 Å².